The number of hydrogen-bond donors (Lipinski definition) is 1. The molecule has 0 spiro atoms. The molecular formula is C7H9NO2. The third-order valence-corrected chi connectivity index (χ3v) is 1.17. The Morgan fingerprint density at radius 3 is 2.90 bits per heavy atom. The molecule has 3 nitrogen and oxygen atoms in total. The van der Waals surface area contributed by atoms with Gasteiger partial charge in [0.2, 0.25) is 5.91 Å². The maximum Gasteiger partial charge on any atom is 0.221 e. The Labute approximate surface area is 59.2 Å². The lowest BCUT2D eigenvalue weighted by atomic mass is 10.2. The van der Waals surface area contributed by atoms with Crippen LogP contribution in [0.2, 0.25) is 0 Å². The van der Waals surface area contributed by atoms with E-state index in [9.17, 15) is 4.79 Å². The predicted molar refractivity (Wildman–Crippen MR) is 37.0 cm³/mol. The van der Waals surface area contributed by atoms with E-state index in [-0.39, 0.29) is 18.4 Å². The van der Waals surface area contributed by atoms with Gasteiger partial charge in [0.1, 0.15) is 6.10 Å². The molecule has 1 atom stereocenters. The lowest BCUT2D eigenvalue weighted by Gasteiger charge is -2.11. The van der Waals surface area contributed by atoms with Crippen LogP contribution in [-0.2, 0) is 9.53 Å². The molecule has 0 aliphatic carbocycles. The van der Waals surface area contributed by atoms with Gasteiger partial charge in [-0.1, -0.05) is 6.08 Å². The van der Waals surface area contributed by atoms with E-state index in [1.54, 1.807) is 18.4 Å². The Morgan fingerprint density at radius 1 is 1.60 bits per heavy atom. The first kappa shape index (κ1) is 6.86. The minimum absolute atomic E-state index is 0.164. The van der Waals surface area contributed by atoms with Crippen LogP contribution in [0, 0.1) is 0 Å². The van der Waals surface area contributed by atoms with Crippen LogP contribution in [0.4, 0.5) is 0 Å². The van der Waals surface area contributed by atoms with E-state index >= 15 is 0 Å². The van der Waals surface area contributed by atoms with Gasteiger partial charge >= 0.3 is 0 Å². The summed E-state index contributed by atoms with van der Waals surface area (Å²) >= 11 is 0. The summed E-state index contributed by atoms with van der Waals surface area (Å²) in [5.41, 5.74) is 4.95. The van der Waals surface area contributed by atoms with E-state index in [4.69, 9.17) is 10.5 Å². The van der Waals surface area contributed by atoms with Gasteiger partial charge in [-0.3, -0.25) is 4.79 Å². The average molecular weight is 139 g/mol. The van der Waals surface area contributed by atoms with Gasteiger partial charge in [0.05, 0.1) is 12.7 Å². The lowest BCUT2D eigenvalue weighted by molar-refractivity contribution is -0.119. The fourth-order valence-electron chi connectivity index (χ4n) is 0.740. The molecule has 0 bridgehead atoms. The molecule has 0 radical (unpaired) electrons. The van der Waals surface area contributed by atoms with E-state index in [2.05, 4.69) is 0 Å². The van der Waals surface area contributed by atoms with E-state index in [0.717, 1.165) is 0 Å². The van der Waals surface area contributed by atoms with Gasteiger partial charge in [-0.15, -0.1) is 0 Å². The van der Waals surface area contributed by atoms with Crippen LogP contribution in [0.15, 0.2) is 24.5 Å². The molecule has 1 heterocycles. The molecule has 10 heavy (non-hydrogen) atoms. The Kier molecular flexibility index (Phi) is 2.10. The zero-order chi connectivity index (χ0) is 7.40. The van der Waals surface area contributed by atoms with E-state index < -0.39 is 0 Å². The lowest BCUT2D eigenvalue weighted by Crippen LogP contribution is -2.20. The second-order valence-electron chi connectivity index (χ2n) is 2.06. The van der Waals surface area contributed by atoms with E-state index in [1.807, 2.05) is 6.08 Å². The highest BCUT2D eigenvalue weighted by Gasteiger charge is 2.08. The molecule has 0 fully saturated rings. The number of nitrogens with two attached hydrogens (primary N) is 1. The Hall–Kier alpha value is -1.25. The van der Waals surface area contributed by atoms with Gasteiger partial charge in [-0.2, -0.15) is 0 Å². The monoisotopic (exact) mass is 139 g/mol. The Morgan fingerprint density at radius 2 is 2.40 bits per heavy atom. The quantitative estimate of drug-likeness (QED) is 0.599. The summed E-state index contributed by atoms with van der Waals surface area (Å²) in [5.74, 6) is -0.343. The highest BCUT2D eigenvalue weighted by atomic mass is 16.5. The maximum absolute atomic E-state index is 10.4. The van der Waals surface area contributed by atoms with Gasteiger partial charge in [0.25, 0.3) is 0 Å². The molecule has 1 unspecified atom stereocenters. The van der Waals surface area contributed by atoms with Crippen LogP contribution >= 0.6 is 0 Å². The van der Waals surface area contributed by atoms with Crippen molar-refractivity contribution in [3.63, 3.8) is 0 Å². The second kappa shape index (κ2) is 3.06. The van der Waals surface area contributed by atoms with Crippen LogP contribution in [0.3, 0.4) is 0 Å². The zero-order valence-electron chi connectivity index (χ0n) is 5.49. The van der Waals surface area contributed by atoms with Crippen LogP contribution < -0.4 is 5.73 Å². The fraction of sp³-hybridized carbons (Fsp3) is 0.286. The number of carbonyl (C=O) groups excluding carboxylic acids is 1. The third-order valence-electron chi connectivity index (χ3n) is 1.17. The topological polar surface area (TPSA) is 52.3 Å². The summed E-state index contributed by atoms with van der Waals surface area (Å²) in [6, 6.07) is 0. The van der Waals surface area contributed by atoms with Crippen molar-refractivity contribution < 1.29 is 9.53 Å². The van der Waals surface area contributed by atoms with E-state index in [1.165, 1.54) is 0 Å². The number of ether oxygens (including phenoxy) is 1. The first-order valence-electron chi connectivity index (χ1n) is 3.06. The second-order valence-corrected chi connectivity index (χ2v) is 2.06. The van der Waals surface area contributed by atoms with Crippen molar-refractivity contribution in [1.82, 2.24) is 0 Å². The van der Waals surface area contributed by atoms with Crippen molar-refractivity contribution in [1.29, 1.82) is 0 Å². The predicted octanol–water partition coefficient (Wildman–Crippen LogP) is 0.330. The summed E-state index contributed by atoms with van der Waals surface area (Å²) < 4.78 is 5.02. The summed E-state index contributed by atoms with van der Waals surface area (Å²) in [6.45, 7) is 0. The van der Waals surface area contributed by atoms with Gasteiger partial charge in [-0.05, 0) is 12.2 Å². The van der Waals surface area contributed by atoms with Crippen molar-refractivity contribution in [2.24, 2.45) is 5.73 Å². The zero-order valence-corrected chi connectivity index (χ0v) is 5.49. The smallest absolute Gasteiger partial charge is 0.221 e. The van der Waals surface area contributed by atoms with Crippen molar-refractivity contribution in [2.45, 2.75) is 12.5 Å². The summed E-state index contributed by atoms with van der Waals surface area (Å²) in [5, 5.41) is 0. The third kappa shape index (κ3) is 1.93. The minimum atomic E-state index is -0.343. The highest BCUT2D eigenvalue weighted by molar-refractivity contribution is 5.74. The first-order chi connectivity index (χ1) is 4.79. The molecule has 1 aliphatic rings. The molecule has 1 amide bonds. The first-order valence-corrected chi connectivity index (χ1v) is 3.06. The normalized spacial score (nSPS) is 22.2. The van der Waals surface area contributed by atoms with Gasteiger partial charge in [0.15, 0.2) is 0 Å². The number of rotatable bonds is 2. The van der Waals surface area contributed by atoms with Crippen molar-refractivity contribution >= 4 is 5.91 Å². The van der Waals surface area contributed by atoms with Crippen molar-refractivity contribution in [3.8, 4) is 0 Å². The standard InChI is InChI=1S/C7H9NO2/c8-7(9)5-6-3-1-2-4-10-6/h1-4,6H,5H2,(H2,8,9). The number of amides is 1. The Balaban J connectivity index is 2.37. The number of carbonyl (C=O) groups is 1. The van der Waals surface area contributed by atoms with Crippen molar-refractivity contribution in [2.75, 3.05) is 0 Å². The SMILES string of the molecule is NC(=O)CC1C=CC=CO1. The molecular weight excluding hydrogens is 130 g/mol. The molecule has 1 aliphatic heterocycles. The van der Waals surface area contributed by atoms with Crippen LogP contribution in [0.25, 0.3) is 0 Å². The van der Waals surface area contributed by atoms with Crippen molar-refractivity contribution in [3.05, 3.63) is 24.5 Å². The summed E-state index contributed by atoms with van der Waals surface area (Å²) in [6.07, 6.45) is 7.02. The number of allylic oxidation sites excluding steroid dienone is 2. The van der Waals surface area contributed by atoms with Crippen LogP contribution in [0.1, 0.15) is 6.42 Å². The molecule has 0 aromatic rings. The average Bonchev–Trinajstić information content (AvgIpc) is 1.88. The number of hydrogen-bond acceptors (Lipinski definition) is 2. The largest absolute Gasteiger partial charge is 0.493 e. The maximum atomic E-state index is 10.4. The molecule has 0 saturated carbocycles. The minimum Gasteiger partial charge on any atom is -0.493 e. The summed E-state index contributed by atoms with van der Waals surface area (Å²) in [7, 11) is 0. The van der Waals surface area contributed by atoms with Gasteiger partial charge in [0, 0.05) is 0 Å². The molecule has 3 heteroatoms. The molecule has 54 valence electrons. The molecule has 0 aromatic carbocycles. The van der Waals surface area contributed by atoms with E-state index in [0.29, 0.717) is 0 Å². The molecule has 0 aromatic heterocycles. The van der Waals surface area contributed by atoms with Crippen LogP contribution in [-0.4, -0.2) is 12.0 Å². The van der Waals surface area contributed by atoms with Gasteiger partial charge in [-0.25, -0.2) is 0 Å². The molecule has 1 rings (SSSR count). The summed E-state index contributed by atoms with van der Waals surface area (Å²) in [4.78, 5) is 10.4. The fourth-order valence-corrected chi connectivity index (χ4v) is 0.740. The molecule has 0 saturated heterocycles. The van der Waals surface area contributed by atoms with Crippen LogP contribution in [0.5, 0.6) is 0 Å². The Bertz CT molecular complexity index is 184. The highest BCUT2D eigenvalue weighted by Crippen LogP contribution is 2.05. The number of primary amides is 1. The van der Waals surface area contributed by atoms with Gasteiger partial charge < -0.3 is 10.5 Å². The molecule has 2 N–H and O–H groups in total.